The molecule has 128 valence electrons. The highest BCUT2D eigenvalue weighted by molar-refractivity contribution is 5.90. The minimum Gasteiger partial charge on any atom is -0.493 e. The van der Waals surface area contributed by atoms with Crippen LogP contribution in [0.25, 0.3) is 10.9 Å². The highest BCUT2D eigenvalue weighted by atomic mass is 16.5. The molecule has 1 aromatic heterocycles. The molecule has 0 fully saturated rings. The number of para-hydroxylation sites is 2. The zero-order chi connectivity index (χ0) is 17.8. The molecule has 2 amide bonds. The zero-order valence-electron chi connectivity index (χ0n) is 13.6. The summed E-state index contributed by atoms with van der Waals surface area (Å²) in [5.74, 6) is 1.79. The Morgan fingerprint density at radius 1 is 1.04 bits per heavy atom. The molecule has 0 unspecified atom stereocenters. The molecule has 0 saturated carbocycles. The molecule has 3 N–H and O–H groups in total. The first-order valence-corrected chi connectivity index (χ1v) is 7.32. The van der Waals surface area contributed by atoms with Gasteiger partial charge >= 0.3 is 6.03 Å². The van der Waals surface area contributed by atoms with E-state index in [4.69, 9.17) is 19.9 Å². The number of anilines is 1. The van der Waals surface area contributed by atoms with E-state index < -0.39 is 6.03 Å². The lowest BCUT2D eigenvalue weighted by Gasteiger charge is -2.13. The standard InChI is InChI=1S/C17H16N4O4/c1-23-14-7-10-12(8-15(14)24-2)19-9-20-16(10)25-13-6-4-3-5-11(13)21-17(18)22/h3-9H,1-2H3,(H3,18,21,22). The normalized spacial score (nSPS) is 10.3. The molecular weight excluding hydrogens is 324 g/mol. The van der Waals surface area contributed by atoms with Crippen molar-refractivity contribution in [1.82, 2.24) is 9.97 Å². The van der Waals surface area contributed by atoms with E-state index in [1.54, 1.807) is 50.6 Å². The number of hydrogen-bond acceptors (Lipinski definition) is 6. The fourth-order valence-corrected chi connectivity index (χ4v) is 2.34. The third kappa shape index (κ3) is 3.37. The van der Waals surface area contributed by atoms with Gasteiger partial charge < -0.3 is 25.3 Å². The summed E-state index contributed by atoms with van der Waals surface area (Å²) in [4.78, 5) is 19.5. The number of ether oxygens (including phenoxy) is 3. The maximum atomic E-state index is 11.1. The summed E-state index contributed by atoms with van der Waals surface area (Å²) in [6.45, 7) is 0. The summed E-state index contributed by atoms with van der Waals surface area (Å²) in [6, 6.07) is 9.67. The zero-order valence-corrected chi connectivity index (χ0v) is 13.6. The number of aromatic nitrogens is 2. The van der Waals surface area contributed by atoms with Crippen LogP contribution >= 0.6 is 0 Å². The molecule has 8 heteroatoms. The second kappa shape index (κ2) is 6.91. The first-order valence-electron chi connectivity index (χ1n) is 7.32. The lowest BCUT2D eigenvalue weighted by atomic mass is 10.2. The summed E-state index contributed by atoms with van der Waals surface area (Å²) in [5, 5.41) is 3.14. The van der Waals surface area contributed by atoms with Gasteiger partial charge in [0.05, 0.1) is 30.8 Å². The Hall–Kier alpha value is -3.55. The smallest absolute Gasteiger partial charge is 0.316 e. The van der Waals surface area contributed by atoms with Gasteiger partial charge in [0.1, 0.15) is 6.33 Å². The fraction of sp³-hybridized carbons (Fsp3) is 0.118. The van der Waals surface area contributed by atoms with Crippen molar-refractivity contribution in [2.24, 2.45) is 5.73 Å². The summed E-state index contributed by atoms with van der Waals surface area (Å²) in [5.41, 5.74) is 6.25. The first-order chi connectivity index (χ1) is 12.1. The molecule has 0 aliphatic carbocycles. The number of nitrogens with zero attached hydrogens (tertiary/aromatic N) is 2. The average molecular weight is 340 g/mol. The molecule has 0 saturated heterocycles. The van der Waals surface area contributed by atoms with Crippen molar-refractivity contribution in [3.63, 3.8) is 0 Å². The van der Waals surface area contributed by atoms with Gasteiger partial charge in [-0.1, -0.05) is 12.1 Å². The third-order valence-electron chi connectivity index (χ3n) is 3.46. The van der Waals surface area contributed by atoms with Gasteiger partial charge in [-0.2, -0.15) is 0 Å². The van der Waals surface area contributed by atoms with E-state index in [0.29, 0.717) is 39.7 Å². The number of primary amides is 1. The van der Waals surface area contributed by atoms with Crippen LogP contribution in [0.4, 0.5) is 10.5 Å². The molecule has 0 aliphatic rings. The van der Waals surface area contributed by atoms with Gasteiger partial charge in [0, 0.05) is 6.07 Å². The van der Waals surface area contributed by atoms with E-state index in [1.165, 1.54) is 6.33 Å². The molecule has 3 aromatic rings. The molecule has 3 rings (SSSR count). The lowest BCUT2D eigenvalue weighted by Crippen LogP contribution is -2.19. The number of hydrogen-bond donors (Lipinski definition) is 2. The Kier molecular flexibility index (Phi) is 4.51. The number of carbonyl (C=O) groups excluding carboxylic acids is 1. The van der Waals surface area contributed by atoms with Gasteiger partial charge in [0.25, 0.3) is 0 Å². The highest BCUT2D eigenvalue weighted by Crippen LogP contribution is 2.37. The van der Waals surface area contributed by atoms with E-state index in [1.807, 2.05) is 0 Å². The average Bonchev–Trinajstić information content (AvgIpc) is 2.62. The predicted molar refractivity (Wildman–Crippen MR) is 92.4 cm³/mol. The number of rotatable bonds is 5. The van der Waals surface area contributed by atoms with Crippen molar-refractivity contribution in [1.29, 1.82) is 0 Å². The van der Waals surface area contributed by atoms with Crippen LogP contribution in [0.2, 0.25) is 0 Å². The van der Waals surface area contributed by atoms with Crippen molar-refractivity contribution in [3.05, 3.63) is 42.7 Å². The molecular formula is C17H16N4O4. The number of methoxy groups -OCH3 is 2. The van der Waals surface area contributed by atoms with Gasteiger partial charge in [0.15, 0.2) is 17.2 Å². The molecule has 1 heterocycles. The second-order valence-electron chi connectivity index (χ2n) is 4.99. The van der Waals surface area contributed by atoms with Crippen LogP contribution in [-0.2, 0) is 0 Å². The van der Waals surface area contributed by atoms with Crippen molar-refractivity contribution in [3.8, 4) is 23.1 Å². The van der Waals surface area contributed by atoms with Gasteiger partial charge in [-0.25, -0.2) is 14.8 Å². The van der Waals surface area contributed by atoms with E-state index in [-0.39, 0.29) is 0 Å². The van der Waals surface area contributed by atoms with Crippen LogP contribution in [0.1, 0.15) is 0 Å². The van der Waals surface area contributed by atoms with Crippen molar-refractivity contribution >= 4 is 22.6 Å². The number of urea groups is 1. The van der Waals surface area contributed by atoms with Crippen LogP contribution in [0, 0.1) is 0 Å². The first kappa shape index (κ1) is 16.3. The Morgan fingerprint density at radius 2 is 1.76 bits per heavy atom. The monoisotopic (exact) mass is 340 g/mol. The minimum atomic E-state index is -0.685. The fourth-order valence-electron chi connectivity index (χ4n) is 2.34. The molecule has 0 atom stereocenters. The van der Waals surface area contributed by atoms with Crippen molar-refractivity contribution < 1.29 is 19.0 Å². The number of benzene rings is 2. The summed E-state index contributed by atoms with van der Waals surface area (Å²) in [7, 11) is 3.09. The lowest BCUT2D eigenvalue weighted by molar-refractivity contribution is 0.259. The Bertz CT molecular complexity index is 930. The summed E-state index contributed by atoms with van der Waals surface area (Å²) < 4.78 is 16.5. The van der Waals surface area contributed by atoms with E-state index >= 15 is 0 Å². The molecule has 8 nitrogen and oxygen atoms in total. The largest absolute Gasteiger partial charge is 0.493 e. The number of amides is 2. The van der Waals surface area contributed by atoms with Crippen LogP contribution < -0.4 is 25.3 Å². The minimum absolute atomic E-state index is 0.310. The number of nitrogens with two attached hydrogens (primary N) is 1. The van der Waals surface area contributed by atoms with Gasteiger partial charge in [-0.15, -0.1) is 0 Å². The summed E-state index contributed by atoms with van der Waals surface area (Å²) >= 11 is 0. The van der Waals surface area contributed by atoms with Crippen LogP contribution in [0.15, 0.2) is 42.7 Å². The Morgan fingerprint density at radius 3 is 2.48 bits per heavy atom. The summed E-state index contributed by atoms with van der Waals surface area (Å²) in [6.07, 6.45) is 1.38. The third-order valence-corrected chi connectivity index (χ3v) is 3.46. The van der Waals surface area contributed by atoms with Crippen molar-refractivity contribution in [2.45, 2.75) is 0 Å². The van der Waals surface area contributed by atoms with Crippen LogP contribution in [0.3, 0.4) is 0 Å². The molecule has 0 spiro atoms. The molecule has 0 bridgehead atoms. The predicted octanol–water partition coefficient (Wildman–Crippen LogP) is 2.93. The topological polar surface area (TPSA) is 109 Å². The van der Waals surface area contributed by atoms with Gasteiger partial charge in [-0.05, 0) is 18.2 Å². The van der Waals surface area contributed by atoms with E-state index in [0.717, 1.165) is 0 Å². The maximum absolute atomic E-state index is 11.1. The second-order valence-corrected chi connectivity index (χ2v) is 4.99. The maximum Gasteiger partial charge on any atom is 0.316 e. The highest BCUT2D eigenvalue weighted by Gasteiger charge is 2.14. The molecule has 25 heavy (non-hydrogen) atoms. The number of carbonyl (C=O) groups is 1. The van der Waals surface area contributed by atoms with Gasteiger partial charge in [0.2, 0.25) is 5.88 Å². The SMILES string of the molecule is COc1cc2ncnc(Oc3ccccc3NC(N)=O)c2cc1OC. The molecule has 0 aliphatic heterocycles. The van der Waals surface area contributed by atoms with Crippen molar-refractivity contribution in [2.75, 3.05) is 19.5 Å². The Labute approximate surface area is 143 Å². The van der Waals surface area contributed by atoms with E-state index in [2.05, 4.69) is 15.3 Å². The van der Waals surface area contributed by atoms with Gasteiger partial charge in [-0.3, -0.25) is 0 Å². The Balaban J connectivity index is 2.07. The molecule has 2 aromatic carbocycles. The molecule has 0 radical (unpaired) electrons. The number of nitrogens with one attached hydrogen (secondary N) is 1. The quantitative estimate of drug-likeness (QED) is 0.739. The van der Waals surface area contributed by atoms with Crippen LogP contribution in [-0.4, -0.2) is 30.2 Å². The number of fused-ring (bicyclic) bond motifs is 1. The van der Waals surface area contributed by atoms with Crippen LogP contribution in [0.5, 0.6) is 23.1 Å². The van der Waals surface area contributed by atoms with E-state index in [9.17, 15) is 4.79 Å².